The Balaban J connectivity index is 2.42. The number of H-pyrrole nitrogens is 1. The Kier molecular flexibility index (Phi) is 4.81. The summed E-state index contributed by atoms with van der Waals surface area (Å²) in [6.45, 7) is 1.93. The Morgan fingerprint density at radius 3 is 2.72 bits per heavy atom. The molecular formula is C14H16FN3O7. The van der Waals surface area contributed by atoms with Crippen LogP contribution in [-0.2, 0) is 20.0 Å². The number of hydrogen-bond donors (Lipinski definition) is 3. The molecule has 0 aliphatic carbocycles. The normalized spacial score (nSPS) is 31.7. The highest BCUT2D eigenvalue weighted by Crippen LogP contribution is 2.41. The van der Waals surface area contributed by atoms with Gasteiger partial charge in [0.15, 0.2) is 6.61 Å². The fraction of sp³-hybridized carbons (Fsp3) is 0.571. The van der Waals surface area contributed by atoms with Gasteiger partial charge in [-0.2, -0.15) is 9.78 Å². The SMILES string of the molecule is C#C[C@@]1(n2ncc(=O)[nH]c2=O)O[C@](F)(COC(=O)C(C)C)[C@@H](O)[C@H]1O. The minimum Gasteiger partial charge on any atom is -0.459 e. The van der Waals surface area contributed by atoms with E-state index in [-0.39, 0.29) is 0 Å². The van der Waals surface area contributed by atoms with Crippen LogP contribution in [0, 0.1) is 18.3 Å². The van der Waals surface area contributed by atoms with E-state index in [1.165, 1.54) is 13.8 Å². The molecule has 0 radical (unpaired) electrons. The summed E-state index contributed by atoms with van der Waals surface area (Å²) in [4.78, 5) is 36.3. The van der Waals surface area contributed by atoms with Crippen molar-refractivity contribution in [3.05, 3.63) is 27.0 Å². The number of terminal acetylenes is 1. The molecule has 0 bridgehead atoms. The molecule has 0 saturated carbocycles. The summed E-state index contributed by atoms with van der Waals surface area (Å²) < 4.78 is 24.9. The van der Waals surface area contributed by atoms with Gasteiger partial charge in [0.1, 0.15) is 18.4 Å². The van der Waals surface area contributed by atoms with E-state index in [1.807, 2.05) is 10.9 Å². The van der Waals surface area contributed by atoms with E-state index in [9.17, 15) is 29.0 Å². The number of ether oxygens (including phenoxy) is 2. The number of aromatic amines is 1. The van der Waals surface area contributed by atoms with Crippen molar-refractivity contribution in [2.24, 2.45) is 5.92 Å². The predicted octanol–water partition coefficient (Wildman–Crippen LogP) is -2.17. The number of aliphatic hydroxyl groups excluding tert-OH is 2. The van der Waals surface area contributed by atoms with Gasteiger partial charge in [-0.3, -0.25) is 19.3 Å². The molecule has 1 saturated heterocycles. The van der Waals surface area contributed by atoms with Gasteiger partial charge in [0, 0.05) is 0 Å². The van der Waals surface area contributed by atoms with Gasteiger partial charge in [0.2, 0.25) is 0 Å². The molecule has 1 aliphatic heterocycles. The third-order valence-electron chi connectivity index (χ3n) is 3.58. The van der Waals surface area contributed by atoms with E-state index >= 15 is 0 Å². The van der Waals surface area contributed by atoms with Crippen LogP contribution >= 0.6 is 0 Å². The van der Waals surface area contributed by atoms with Crippen LogP contribution < -0.4 is 11.2 Å². The molecular weight excluding hydrogens is 341 g/mol. The van der Waals surface area contributed by atoms with Crippen molar-refractivity contribution < 1.29 is 28.9 Å². The average Bonchev–Trinajstić information content (AvgIpc) is 2.75. The van der Waals surface area contributed by atoms with Gasteiger partial charge in [-0.15, -0.1) is 6.42 Å². The molecule has 11 heteroatoms. The van der Waals surface area contributed by atoms with Gasteiger partial charge in [-0.05, 0) is 5.92 Å². The molecule has 10 nitrogen and oxygen atoms in total. The molecule has 0 spiro atoms. The zero-order valence-electron chi connectivity index (χ0n) is 13.3. The van der Waals surface area contributed by atoms with Crippen LogP contribution in [0.3, 0.4) is 0 Å². The minimum absolute atomic E-state index is 0.313. The maximum Gasteiger partial charge on any atom is 0.348 e. The zero-order valence-corrected chi connectivity index (χ0v) is 13.3. The second-order valence-corrected chi connectivity index (χ2v) is 5.73. The largest absolute Gasteiger partial charge is 0.459 e. The Morgan fingerprint density at radius 2 is 2.20 bits per heavy atom. The summed E-state index contributed by atoms with van der Waals surface area (Å²) in [6.07, 6.45) is 1.52. The van der Waals surface area contributed by atoms with E-state index in [2.05, 4.69) is 9.84 Å². The Labute approximate surface area is 140 Å². The summed E-state index contributed by atoms with van der Waals surface area (Å²) in [7, 11) is 0. The van der Waals surface area contributed by atoms with Gasteiger partial charge in [-0.25, -0.2) is 9.18 Å². The van der Waals surface area contributed by atoms with E-state index in [4.69, 9.17) is 11.2 Å². The van der Waals surface area contributed by atoms with E-state index in [1.54, 1.807) is 0 Å². The second kappa shape index (κ2) is 6.40. The maximum absolute atomic E-state index is 14.9. The number of carbonyl (C=O) groups is 1. The fourth-order valence-electron chi connectivity index (χ4n) is 2.21. The lowest BCUT2D eigenvalue weighted by Gasteiger charge is -2.27. The molecule has 2 heterocycles. The van der Waals surface area contributed by atoms with Crippen molar-refractivity contribution in [3.8, 4) is 12.3 Å². The van der Waals surface area contributed by atoms with Crippen LogP contribution in [0.2, 0.25) is 0 Å². The lowest BCUT2D eigenvalue weighted by atomic mass is 10.0. The molecule has 1 aromatic rings. The molecule has 1 aliphatic rings. The number of halogens is 1. The number of rotatable bonds is 4. The molecule has 3 N–H and O–H groups in total. The Bertz CT molecular complexity index is 829. The highest BCUT2D eigenvalue weighted by Gasteiger charge is 2.65. The van der Waals surface area contributed by atoms with Crippen molar-refractivity contribution >= 4 is 5.97 Å². The van der Waals surface area contributed by atoms with Crippen molar-refractivity contribution in [1.29, 1.82) is 0 Å². The van der Waals surface area contributed by atoms with Crippen LogP contribution in [0.4, 0.5) is 4.39 Å². The summed E-state index contributed by atoms with van der Waals surface area (Å²) in [5.74, 6) is -2.59. The van der Waals surface area contributed by atoms with Gasteiger partial charge in [0.25, 0.3) is 17.1 Å². The average molecular weight is 357 g/mol. The van der Waals surface area contributed by atoms with E-state index in [0.29, 0.717) is 10.9 Å². The van der Waals surface area contributed by atoms with Gasteiger partial charge in [-0.1, -0.05) is 13.8 Å². The molecule has 0 aromatic carbocycles. The summed E-state index contributed by atoms with van der Waals surface area (Å²) >= 11 is 0. The van der Waals surface area contributed by atoms with Crippen LogP contribution in [0.1, 0.15) is 13.8 Å². The van der Waals surface area contributed by atoms with Gasteiger partial charge < -0.3 is 14.9 Å². The van der Waals surface area contributed by atoms with Crippen LogP contribution in [-0.4, -0.2) is 55.6 Å². The maximum atomic E-state index is 14.9. The van der Waals surface area contributed by atoms with Gasteiger partial charge in [0.05, 0.1) is 5.92 Å². The van der Waals surface area contributed by atoms with E-state index in [0.717, 1.165) is 0 Å². The highest BCUT2D eigenvalue weighted by atomic mass is 19.2. The third kappa shape index (κ3) is 3.07. The molecule has 1 aromatic heterocycles. The fourth-order valence-corrected chi connectivity index (χ4v) is 2.21. The molecule has 2 rings (SSSR count). The van der Waals surface area contributed by atoms with Crippen LogP contribution in [0.15, 0.2) is 15.8 Å². The first-order valence-electron chi connectivity index (χ1n) is 7.16. The molecule has 0 unspecified atom stereocenters. The minimum atomic E-state index is -3.10. The lowest BCUT2D eigenvalue weighted by Crippen LogP contribution is -2.52. The molecule has 136 valence electrons. The topological polar surface area (TPSA) is 144 Å². The van der Waals surface area contributed by atoms with Crippen LogP contribution in [0.5, 0.6) is 0 Å². The molecule has 1 fully saturated rings. The van der Waals surface area contributed by atoms with Crippen molar-refractivity contribution in [2.75, 3.05) is 6.61 Å². The number of hydrogen-bond acceptors (Lipinski definition) is 8. The van der Waals surface area contributed by atoms with E-state index < -0.39 is 53.5 Å². The number of aromatic nitrogens is 3. The molecule has 4 atom stereocenters. The quantitative estimate of drug-likeness (QED) is 0.408. The Morgan fingerprint density at radius 1 is 1.56 bits per heavy atom. The first-order chi connectivity index (χ1) is 11.6. The summed E-state index contributed by atoms with van der Waals surface area (Å²) in [5, 5.41) is 23.6. The van der Waals surface area contributed by atoms with Crippen molar-refractivity contribution in [3.63, 3.8) is 0 Å². The summed E-state index contributed by atoms with van der Waals surface area (Å²) in [5.41, 5.74) is -4.61. The predicted molar refractivity (Wildman–Crippen MR) is 78.7 cm³/mol. The second-order valence-electron chi connectivity index (χ2n) is 5.73. The zero-order chi connectivity index (χ0) is 19.0. The monoisotopic (exact) mass is 357 g/mol. The number of nitrogens with zero attached hydrogens (tertiary/aromatic N) is 2. The first kappa shape index (κ1) is 18.8. The van der Waals surface area contributed by atoms with Crippen molar-refractivity contribution in [2.45, 2.75) is 37.6 Å². The lowest BCUT2D eigenvalue weighted by molar-refractivity contribution is -0.236. The molecule has 0 amide bonds. The Hall–Kier alpha value is -2.55. The standard InChI is InChI=1S/C14H16FN3O7/c1-4-14(18-12(23)17-8(19)5-16-18)10(21)9(20)13(15,25-14)6-24-11(22)7(2)3/h1,5,7,9-10,20-21H,6H2,2-3H3,(H,17,19,23)/t9-,10+,13+,14+/m0/s1. The highest BCUT2D eigenvalue weighted by molar-refractivity contribution is 5.71. The third-order valence-corrected chi connectivity index (χ3v) is 3.58. The molecule has 25 heavy (non-hydrogen) atoms. The van der Waals surface area contributed by atoms with Crippen LogP contribution in [0.25, 0.3) is 0 Å². The smallest absolute Gasteiger partial charge is 0.348 e. The number of carbonyl (C=O) groups excluding carboxylic acids is 1. The van der Waals surface area contributed by atoms with Crippen molar-refractivity contribution in [1.82, 2.24) is 14.8 Å². The summed E-state index contributed by atoms with van der Waals surface area (Å²) in [6, 6.07) is 0. The number of nitrogens with one attached hydrogen (secondary N) is 1. The number of alkyl halides is 1. The number of aliphatic hydroxyl groups is 2. The number of esters is 1. The van der Waals surface area contributed by atoms with Gasteiger partial charge >= 0.3 is 11.7 Å². The first-order valence-corrected chi connectivity index (χ1v) is 7.16.